The molecule has 150 heavy (non-hydrogen) atoms. The molecule has 0 aliphatic carbocycles. The average molecular weight is 2190 g/mol. The second kappa shape index (κ2) is 54.0. The molecule has 12 heterocycles. The molecule has 66 heteroatoms. The van der Waals surface area contributed by atoms with Crippen molar-refractivity contribution in [1.29, 1.82) is 0 Å². The van der Waals surface area contributed by atoms with Gasteiger partial charge in [-0.3, -0.25) is 28.8 Å². The number of carbonyl (C=O) groups excluding carboxylic acids is 6. The van der Waals surface area contributed by atoms with Crippen molar-refractivity contribution in [1.82, 2.24) is 31.9 Å². The number of nitrogens with one attached hydrogen (secondary N) is 6. The van der Waals surface area contributed by atoms with Gasteiger partial charge >= 0.3 is 0 Å². The van der Waals surface area contributed by atoms with Crippen LogP contribution >= 0.6 is 0 Å². The summed E-state index contributed by atoms with van der Waals surface area (Å²) in [6, 6.07) is -11.8. The zero-order valence-electron chi connectivity index (χ0n) is 81.1. The van der Waals surface area contributed by atoms with Crippen LogP contribution in [0.15, 0.2) is 0 Å². The largest absolute Gasteiger partial charge is 0.394 e. The van der Waals surface area contributed by atoms with E-state index in [1.807, 2.05) is 0 Å². The minimum absolute atomic E-state index is 0.836. The van der Waals surface area contributed by atoms with Gasteiger partial charge in [-0.1, -0.05) is 0 Å². The predicted octanol–water partition coefficient (Wildman–Crippen LogP) is -25.3. The van der Waals surface area contributed by atoms with Gasteiger partial charge in [0.15, 0.2) is 75.5 Å². The van der Waals surface area contributed by atoms with E-state index < -0.39 is 476 Å². The molecule has 60 atom stereocenters. The van der Waals surface area contributed by atoms with Gasteiger partial charge in [0.25, 0.3) is 0 Å². The van der Waals surface area contributed by atoms with Gasteiger partial charge in [0.1, 0.15) is 287 Å². The van der Waals surface area contributed by atoms with Crippen LogP contribution < -0.4 is 31.9 Å². The van der Waals surface area contributed by atoms with Crippen LogP contribution in [-0.2, 0) is 138 Å². The normalized spacial score (nSPS) is 48.8. The highest BCUT2D eigenvalue weighted by Gasteiger charge is 2.64. The minimum Gasteiger partial charge on any atom is -0.394 e. The lowest BCUT2D eigenvalue weighted by atomic mass is 9.93. The Hall–Kier alpha value is -5.34. The van der Waals surface area contributed by atoms with Crippen LogP contribution in [0.3, 0.4) is 0 Å². The van der Waals surface area contributed by atoms with E-state index in [4.69, 9.17) is 109 Å². The molecule has 12 rings (SSSR count). The molecule has 12 aliphatic heterocycles. The third-order valence-corrected chi connectivity index (χ3v) is 27.4. The van der Waals surface area contributed by atoms with Gasteiger partial charge in [0.2, 0.25) is 35.4 Å². The summed E-state index contributed by atoms with van der Waals surface area (Å²) in [6.07, 6.45) is -119. The van der Waals surface area contributed by atoms with Crippen LogP contribution in [0.25, 0.3) is 0 Å². The number of rotatable bonds is 39. The van der Waals surface area contributed by atoms with Crippen LogP contribution in [0.4, 0.5) is 0 Å². The molecule has 37 N–H and O–H groups in total. The monoisotopic (exact) mass is 2190 g/mol. The number of ether oxygens (including phenoxy) is 23. The Balaban J connectivity index is 0.960. The molecule has 12 aliphatic rings. The Kier molecular flexibility index (Phi) is 44.4. The zero-order chi connectivity index (χ0) is 110. The standard InChI is InChI=1S/C84H140N6O60/c1-19-43(106)56(119)60(123)79(130-19)150-71-58(121)47(110)29(11-94)135-83(71)146-67-33(15-98)138-78(42(55(67)118)90-25(7)105)149-72-62(125)68(143-77-41(89-24(6)104)53(116)65(31(13-96)137-77)144-80-61(124)57(120)46(109)28(10-93)134-80)34(16-99)139-84(72)147-69-49(112)36(140-81(63(69)126)145-66-32(14-97)136-76(40(54(66)117)88-23(5)103)142-64-30(12-95)131-73(127)37(52(64)115)85-20(2)100)18-129-82-70(148-75-39(87-22(4)102)51(114)45(108)27(9-92)133-75)59(122)48(111)35(141-82)17-128-74-38(86-21(3)101)50(113)44(107)26(8-91)132-74/h19,26-84,91-99,106-127H,8-18H2,1-7H3,(H,85,100)(H,86,101)(H,87,102)(H,88,103)(H,89,104)(H,90,105)/t19-,26+,27+,28+,29+,30+,31+,32+,33+,34+,35+,36+,37+,38+,39+,40+,41+,42+,43+,44+,45+,46-,47-,48+,49+,50+,51+,52+,53+,54+,55+,56+,57-,58-,59-,60-,61+,62-,63-,64+,65+,66+,67+,68+,69-,70-,71+,72-,73+,74+,75-,76-,77-,78-,79-,80-,81-,82-,83-,84+/m0/s1. The Morgan fingerprint density at radius 1 is 0.187 bits per heavy atom. The third-order valence-electron chi connectivity index (χ3n) is 27.4. The fourth-order valence-electron chi connectivity index (χ4n) is 19.5. The molecule has 0 bridgehead atoms. The van der Waals surface area contributed by atoms with E-state index >= 15 is 0 Å². The van der Waals surface area contributed by atoms with Gasteiger partial charge in [0, 0.05) is 41.5 Å². The van der Waals surface area contributed by atoms with Crippen LogP contribution in [0, 0.1) is 0 Å². The highest BCUT2D eigenvalue weighted by Crippen LogP contribution is 2.43. The van der Waals surface area contributed by atoms with Crippen LogP contribution in [0.2, 0.25) is 0 Å². The summed E-state index contributed by atoms with van der Waals surface area (Å²) in [5.74, 6) is -5.86. The molecule has 12 fully saturated rings. The molecule has 0 unspecified atom stereocenters. The molecule has 0 aromatic rings. The third kappa shape index (κ3) is 27.5. The zero-order valence-corrected chi connectivity index (χ0v) is 81.1. The lowest BCUT2D eigenvalue weighted by Crippen LogP contribution is -2.71. The first-order chi connectivity index (χ1) is 70.9. The van der Waals surface area contributed by atoms with Gasteiger partial charge < -0.3 is 299 Å². The SMILES string of the molecule is CC(=O)N[C@@H]1[C@@H](O)[C@H](O[C@@H]2O[C@H](CO)[C@@H](O[C@@H]3O[C@H](CO[C@H]4O[C@H](CO[C@@H]5O[C@H](CO)[C@@H](O)[C@H](O)[C@H]5NC(C)=O)[C@@H](O)[C@H](O)[C@@H]4O[C@@H]4O[C@H](CO)[C@@H](O)[C@H](O)[C@H]4NC(C)=O)[C@@H](O)[C@H](O[C@H]4O[C@H](CO)[C@@H](O[C@@H]5O[C@H](CO)[C@@H](O[C@@H]6O[C@H](CO)[C@H](O)[C@H](O)[C@H]6O)[C@H](O)[C@H]5NC(C)=O)[C@H](O)[C@@H]4O[C@@H]4O[C@H](CO)[C@@H](O[C@@H]5O[C@H](CO)[C@H](O)[C@H](O)[C@H]5O[C@@H]5O[C@@H](C)[C@@H](O)[C@@H](O)[C@@H]5O)[C@H](O)[C@H]4NC(C)=O)[C@@H]3O)[C@H](O)[C@H]2NC(C)=O)[C@@H](CO)O[C@H]1O. The fraction of sp³-hybridized carbons (Fsp3) is 0.929. The second-order valence-corrected chi connectivity index (χ2v) is 38.1. The molecule has 12 saturated heterocycles. The minimum atomic E-state index is -2.83. The van der Waals surface area contributed by atoms with Gasteiger partial charge in [-0.05, 0) is 6.92 Å². The van der Waals surface area contributed by atoms with Crippen molar-refractivity contribution in [2.24, 2.45) is 0 Å². The highest BCUT2D eigenvalue weighted by molar-refractivity contribution is 5.75. The van der Waals surface area contributed by atoms with E-state index in [1.165, 1.54) is 6.92 Å². The van der Waals surface area contributed by atoms with Crippen LogP contribution in [-0.4, -0.2) is 635 Å². The van der Waals surface area contributed by atoms with Crippen molar-refractivity contribution < 1.29 is 296 Å². The van der Waals surface area contributed by atoms with Crippen molar-refractivity contribution in [3.63, 3.8) is 0 Å². The Morgan fingerprint density at radius 3 is 0.813 bits per heavy atom. The van der Waals surface area contributed by atoms with Crippen molar-refractivity contribution in [2.45, 2.75) is 417 Å². The summed E-state index contributed by atoms with van der Waals surface area (Å²) in [7, 11) is 0. The Morgan fingerprint density at radius 2 is 0.413 bits per heavy atom. The Labute approximate surface area is 849 Å². The summed E-state index contributed by atoms with van der Waals surface area (Å²) >= 11 is 0. The number of aliphatic hydroxyl groups is 31. The van der Waals surface area contributed by atoms with E-state index in [9.17, 15) is 187 Å². The number of aliphatic hydroxyl groups excluding tert-OH is 31. The van der Waals surface area contributed by atoms with Crippen LogP contribution in [0.5, 0.6) is 0 Å². The van der Waals surface area contributed by atoms with Crippen molar-refractivity contribution in [3.05, 3.63) is 0 Å². The topological polar surface area (TPSA) is 1010 Å². The van der Waals surface area contributed by atoms with Gasteiger partial charge in [-0.2, -0.15) is 0 Å². The molecule has 866 valence electrons. The number of amides is 6. The lowest BCUT2D eigenvalue weighted by Gasteiger charge is -2.52. The lowest BCUT2D eigenvalue weighted by molar-refractivity contribution is -0.408. The maximum atomic E-state index is 13.7. The maximum absolute atomic E-state index is 13.7. The van der Waals surface area contributed by atoms with E-state index in [0.29, 0.717) is 0 Å². The summed E-state index contributed by atoms with van der Waals surface area (Å²) in [5.41, 5.74) is 0. The molecule has 0 aromatic heterocycles. The van der Waals surface area contributed by atoms with E-state index in [0.717, 1.165) is 41.5 Å². The fourth-order valence-corrected chi connectivity index (χ4v) is 19.5. The smallest absolute Gasteiger partial charge is 0.217 e. The predicted molar refractivity (Wildman–Crippen MR) is 463 cm³/mol. The first-order valence-corrected chi connectivity index (χ1v) is 48.0. The number of hydrogen-bond acceptors (Lipinski definition) is 60. The number of hydrogen-bond donors (Lipinski definition) is 37. The quantitative estimate of drug-likeness (QED) is 0.0272. The van der Waals surface area contributed by atoms with Crippen molar-refractivity contribution >= 4 is 35.4 Å². The second-order valence-electron chi connectivity index (χ2n) is 38.1. The maximum Gasteiger partial charge on any atom is 0.217 e. The number of carbonyl (C=O) groups is 6. The molecule has 66 nitrogen and oxygen atoms in total. The van der Waals surface area contributed by atoms with Crippen molar-refractivity contribution in [2.75, 3.05) is 72.7 Å². The molecule has 0 radical (unpaired) electrons. The Bertz CT molecular complexity index is 4250. The van der Waals surface area contributed by atoms with Gasteiger partial charge in [-0.15, -0.1) is 0 Å². The van der Waals surface area contributed by atoms with Crippen molar-refractivity contribution in [3.8, 4) is 0 Å². The molecule has 6 amide bonds. The van der Waals surface area contributed by atoms with Gasteiger partial charge in [0.05, 0.1) is 78.8 Å². The highest BCUT2D eigenvalue weighted by atomic mass is 16.8. The summed E-state index contributed by atoms with van der Waals surface area (Å²) in [4.78, 5) is 78.3. The average Bonchev–Trinajstić information content (AvgIpc) is 0.755. The first kappa shape index (κ1) is 123. The molecule has 0 saturated carbocycles. The molecule has 0 spiro atoms. The molecular formula is C84H140N6O60. The summed E-state index contributed by atoms with van der Waals surface area (Å²) in [5, 5.41) is 369. The summed E-state index contributed by atoms with van der Waals surface area (Å²) < 4.78 is 140. The van der Waals surface area contributed by atoms with E-state index in [1.54, 1.807) is 0 Å². The van der Waals surface area contributed by atoms with E-state index in [2.05, 4.69) is 31.9 Å². The van der Waals surface area contributed by atoms with E-state index in [-0.39, 0.29) is 0 Å². The van der Waals surface area contributed by atoms with Crippen LogP contribution in [0.1, 0.15) is 48.5 Å². The molecule has 0 aromatic carbocycles. The molecular weight excluding hydrogens is 2050 g/mol. The van der Waals surface area contributed by atoms with Gasteiger partial charge in [-0.25, -0.2) is 0 Å². The summed E-state index contributed by atoms with van der Waals surface area (Å²) in [6.45, 7) is -6.51. The first-order valence-electron chi connectivity index (χ1n) is 48.0.